The predicted octanol–water partition coefficient (Wildman–Crippen LogP) is 1.91. The average Bonchev–Trinajstić information content (AvgIpc) is 2.12. The van der Waals surface area contributed by atoms with Gasteiger partial charge in [-0.05, 0) is 50.8 Å². The van der Waals surface area contributed by atoms with E-state index in [4.69, 9.17) is 5.73 Å². The lowest BCUT2D eigenvalue weighted by molar-refractivity contribution is -0.118. The Morgan fingerprint density at radius 1 is 1.47 bits per heavy atom. The molecule has 0 aromatic carbocycles. The first-order chi connectivity index (χ1) is 7.97. The van der Waals surface area contributed by atoms with E-state index in [0.717, 1.165) is 30.5 Å². The van der Waals surface area contributed by atoms with Crippen LogP contribution in [0, 0.1) is 13.8 Å². The SMILES string of the molecule is Cc1cc(C)nc(NC(=O)CC2(N)CCC2)c1. The molecule has 0 unspecified atom stereocenters. The molecule has 1 amide bonds. The van der Waals surface area contributed by atoms with Crippen LogP contribution in [0.5, 0.6) is 0 Å². The summed E-state index contributed by atoms with van der Waals surface area (Å²) in [5.74, 6) is 0.583. The molecule has 4 nitrogen and oxygen atoms in total. The van der Waals surface area contributed by atoms with Crippen molar-refractivity contribution in [2.45, 2.75) is 45.1 Å². The fraction of sp³-hybridized carbons (Fsp3) is 0.538. The van der Waals surface area contributed by atoms with Gasteiger partial charge in [0, 0.05) is 17.7 Å². The molecule has 1 aromatic rings. The molecule has 3 N–H and O–H groups in total. The molecular formula is C13H19N3O. The lowest BCUT2D eigenvalue weighted by Crippen LogP contribution is -2.49. The third-order valence-corrected chi connectivity index (χ3v) is 3.23. The molecule has 1 aliphatic rings. The number of hydrogen-bond acceptors (Lipinski definition) is 3. The number of nitrogens with one attached hydrogen (secondary N) is 1. The van der Waals surface area contributed by atoms with Crippen molar-refractivity contribution in [1.82, 2.24) is 4.98 Å². The molecule has 1 saturated carbocycles. The summed E-state index contributed by atoms with van der Waals surface area (Å²) in [6.45, 7) is 3.90. The zero-order valence-corrected chi connectivity index (χ0v) is 10.4. The summed E-state index contributed by atoms with van der Waals surface area (Å²) in [5.41, 5.74) is 7.77. The number of rotatable bonds is 3. The van der Waals surface area contributed by atoms with Crippen LogP contribution in [0.4, 0.5) is 5.82 Å². The third kappa shape index (κ3) is 3.03. The van der Waals surface area contributed by atoms with Crippen molar-refractivity contribution in [2.24, 2.45) is 5.73 Å². The Kier molecular flexibility index (Phi) is 3.15. The van der Waals surface area contributed by atoms with E-state index in [-0.39, 0.29) is 11.4 Å². The highest BCUT2D eigenvalue weighted by Gasteiger charge is 2.34. The Bertz CT molecular complexity index is 418. The number of anilines is 1. The second-order valence-corrected chi connectivity index (χ2v) is 5.11. The van der Waals surface area contributed by atoms with Crippen LogP contribution >= 0.6 is 0 Å². The summed E-state index contributed by atoms with van der Waals surface area (Å²) >= 11 is 0. The maximum Gasteiger partial charge on any atom is 0.227 e. The number of hydrogen-bond donors (Lipinski definition) is 2. The highest BCUT2D eigenvalue weighted by Crippen LogP contribution is 2.32. The molecule has 0 atom stereocenters. The zero-order valence-electron chi connectivity index (χ0n) is 10.4. The number of pyridine rings is 1. The fourth-order valence-electron chi connectivity index (χ4n) is 2.22. The first-order valence-electron chi connectivity index (χ1n) is 6.01. The van der Waals surface area contributed by atoms with Gasteiger partial charge < -0.3 is 11.1 Å². The van der Waals surface area contributed by atoms with Crippen LogP contribution < -0.4 is 11.1 Å². The van der Waals surface area contributed by atoms with Crippen molar-refractivity contribution in [3.05, 3.63) is 23.4 Å². The van der Waals surface area contributed by atoms with Crippen LogP contribution in [0.25, 0.3) is 0 Å². The molecule has 0 radical (unpaired) electrons. The quantitative estimate of drug-likeness (QED) is 0.838. The molecule has 1 aliphatic carbocycles. The molecule has 92 valence electrons. The summed E-state index contributed by atoms with van der Waals surface area (Å²) < 4.78 is 0. The molecule has 2 rings (SSSR count). The van der Waals surface area contributed by atoms with Crippen LogP contribution in [-0.2, 0) is 4.79 Å². The Hall–Kier alpha value is -1.42. The number of nitrogens with two attached hydrogens (primary N) is 1. The normalized spacial score (nSPS) is 17.4. The summed E-state index contributed by atoms with van der Waals surface area (Å²) in [5, 5.41) is 2.82. The highest BCUT2D eigenvalue weighted by molar-refractivity contribution is 5.90. The standard InChI is InChI=1S/C13H19N3O/c1-9-6-10(2)15-11(7-9)16-12(17)8-13(14)4-3-5-13/h6-7H,3-5,8,14H2,1-2H3,(H,15,16,17). The molecular weight excluding hydrogens is 214 g/mol. The molecule has 1 aromatic heterocycles. The first kappa shape index (κ1) is 12.0. The van der Waals surface area contributed by atoms with Crippen LogP contribution in [-0.4, -0.2) is 16.4 Å². The van der Waals surface area contributed by atoms with E-state index in [1.165, 1.54) is 0 Å². The monoisotopic (exact) mass is 233 g/mol. The lowest BCUT2D eigenvalue weighted by atomic mass is 9.75. The first-order valence-corrected chi connectivity index (χ1v) is 6.01. The summed E-state index contributed by atoms with van der Waals surface area (Å²) in [6, 6.07) is 3.85. The van der Waals surface area contributed by atoms with Crippen molar-refractivity contribution in [2.75, 3.05) is 5.32 Å². The number of aromatic nitrogens is 1. The number of carbonyl (C=O) groups is 1. The Balaban J connectivity index is 1.98. The van der Waals surface area contributed by atoms with E-state index < -0.39 is 0 Å². The molecule has 4 heteroatoms. The molecule has 0 spiro atoms. The lowest BCUT2D eigenvalue weighted by Gasteiger charge is -2.37. The molecule has 0 aliphatic heterocycles. The molecule has 17 heavy (non-hydrogen) atoms. The summed E-state index contributed by atoms with van der Waals surface area (Å²) in [6.07, 6.45) is 3.41. The highest BCUT2D eigenvalue weighted by atomic mass is 16.1. The van der Waals surface area contributed by atoms with Gasteiger partial charge in [0.15, 0.2) is 0 Å². The van der Waals surface area contributed by atoms with Crippen LogP contribution in [0.2, 0.25) is 0 Å². The van der Waals surface area contributed by atoms with Gasteiger partial charge in [-0.15, -0.1) is 0 Å². The Labute approximate surface area is 102 Å². The van der Waals surface area contributed by atoms with E-state index in [1.807, 2.05) is 26.0 Å². The van der Waals surface area contributed by atoms with Gasteiger partial charge >= 0.3 is 0 Å². The average molecular weight is 233 g/mol. The topological polar surface area (TPSA) is 68.0 Å². The number of amides is 1. The maximum absolute atomic E-state index is 11.8. The number of carbonyl (C=O) groups excluding carboxylic acids is 1. The van der Waals surface area contributed by atoms with Gasteiger partial charge in [-0.3, -0.25) is 4.79 Å². The van der Waals surface area contributed by atoms with Gasteiger partial charge in [0.05, 0.1) is 0 Å². The fourth-order valence-corrected chi connectivity index (χ4v) is 2.22. The molecule has 0 saturated heterocycles. The van der Waals surface area contributed by atoms with E-state index in [9.17, 15) is 4.79 Å². The smallest absolute Gasteiger partial charge is 0.227 e. The van der Waals surface area contributed by atoms with Crippen LogP contribution in [0.1, 0.15) is 36.9 Å². The van der Waals surface area contributed by atoms with Crippen LogP contribution in [0.3, 0.4) is 0 Å². The number of nitrogens with zero attached hydrogens (tertiary/aromatic N) is 1. The van der Waals surface area contributed by atoms with Crippen LogP contribution in [0.15, 0.2) is 12.1 Å². The van der Waals surface area contributed by atoms with Gasteiger partial charge in [-0.1, -0.05) is 0 Å². The zero-order chi connectivity index (χ0) is 12.5. The second kappa shape index (κ2) is 4.45. The van der Waals surface area contributed by atoms with Gasteiger partial charge in [0.2, 0.25) is 5.91 Å². The van der Waals surface area contributed by atoms with Gasteiger partial charge in [-0.25, -0.2) is 4.98 Å². The van der Waals surface area contributed by atoms with Crippen molar-refractivity contribution < 1.29 is 4.79 Å². The van der Waals surface area contributed by atoms with E-state index >= 15 is 0 Å². The largest absolute Gasteiger partial charge is 0.325 e. The minimum Gasteiger partial charge on any atom is -0.325 e. The van der Waals surface area contributed by atoms with Gasteiger partial charge in [-0.2, -0.15) is 0 Å². The van der Waals surface area contributed by atoms with Crippen molar-refractivity contribution in [1.29, 1.82) is 0 Å². The van der Waals surface area contributed by atoms with Crippen molar-refractivity contribution in [3.8, 4) is 0 Å². The predicted molar refractivity (Wildman–Crippen MR) is 67.7 cm³/mol. The van der Waals surface area contributed by atoms with Crippen molar-refractivity contribution in [3.63, 3.8) is 0 Å². The number of aryl methyl sites for hydroxylation is 2. The molecule has 1 heterocycles. The van der Waals surface area contributed by atoms with E-state index in [2.05, 4.69) is 10.3 Å². The second-order valence-electron chi connectivity index (χ2n) is 5.11. The van der Waals surface area contributed by atoms with E-state index in [0.29, 0.717) is 12.2 Å². The molecule has 0 bridgehead atoms. The minimum absolute atomic E-state index is 0.0373. The maximum atomic E-state index is 11.8. The van der Waals surface area contributed by atoms with Gasteiger partial charge in [0.1, 0.15) is 5.82 Å². The Morgan fingerprint density at radius 3 is 2.71 bits per heavy atom. The van der Waals surface area contributed by atoms with E-state index in [1.54, 1.807) is 0 Å². The minimum atomic E-state index is -0.275. The Morgan fingerprint density at radius 2 is 2.18 bits per heavy atom. The van der Waals surface area contributed by atoms with Crippen molar-refractivity contribution >= 4 is 11.7 Å². The van der Waals surface area contributed by atoms with Gasteiger partial charge in [0.25, 0.3) is 0 Å². The summed E-state index contributed by atoms with van der Waals surface area (Å²) in [4.78, 5) is 16.1. The molecule has 1 fully saturated rings. The summed E-state index contributed by atoms with van der Waals surface area (Å²) in [7, 11) is 0. The third-order valence-electron chi connectivity index (χ3n) is 3.23.